The van der Waals surface area contributed by atoms with E-state index in [9.17, 15) is 14.4 Å². The van der Waals surface area contributed by atoms with Crippen molar-refractivity contribution in [2.24, 2.45) is 0 Å². The van der Waals surface area contributed by atoms with Crippen LogP contribution in [0.15, 0.2) is 46.4 Å². The molecule has 0 spiro atoms. The monoisotopic (exact) mass is 474 g/mol. The highest BCUT2D eigenvalue weighted by molar-refractivity contribution is 9.10. The highest BCUT2D eigenvalue weighted by atomic mass is 79.9. The third kappa shape index (κ3) is 4.16. The molecule has 0 radical (unpaired) electrons. The molecule has 1 aliphatic heterocycles. The topological polar surface area (TPSA) is 94.2 Å². The zero-order valence-corrected chi connectivity index (χ0v) is 18.1. The van der Waals surface area contributed by atoms with Crippen LogP contribution < -0.4 is 19.9 Å². The molecule has 1 heterocycles. The van der Waals surface area contributed by atoms with Crippen molar-refractivity contribution < 1.29 is 28.6 Å². The molecule has 8 nitrogen and oxygen atoms in total. The van der Waals surface area contributed by atoms with Crippen LogP contribution in [-0.2, 0) is 14.3 Å². The van der Waals surface area contributed by atoms with Crippen molar-refractivity contribution in [1.29, 1.82) is 0 Å². The van der Waals surface area contributed by atoms with Gasteiger partial charge in [0, 0.05) is 4.47 Å². The van der Waals surface area contributed by atoms with Gasteiger partial charge in [-0.2, -0.15) is 0 Å². The Kier molecular flexibility index (Phi) is 6.41. The Morgan fingerprint density at radius 2 is 1.73 bits per heavy atom. The lowest BCUT2D eigenvalue weighted by Gasteiger charge is -2.15. The van der Waals surface area contributed by atoms with Crippen molar-refractivity contribution >= 4 is 45.5 Å². The average molecular weight is 475 g/mol. The maximum atomic E-state index is 12.8. The second kappa shape index (κ2) is 9.00. The number of anilines is 1. The number of esters is 1. The van der Waals surface area contributed by atoms with E-state index in [1.54, 1.807) is 31.2 Å². The van der Waals surface area contributed by atoms with Gasteiger partial charge in [-0.05, 0) is 55.0 Å². The smallest absolute Gasteiger partial charge is 0.338 e. The maximum Gasteiger partial charge on any atom is 0.338 e. The van der Waals surface area contributed by atoms with Gasteiger partial charge in [-0.3, -0.25) is 15.0 Å². The number of hydrogen-bond acceptors (Lipinski definition) is 6. The van der Waals surface area contributed by atoms with Crippen LogP contribution in [-0.4, -0.2) is 38.6 Å². The molecule has 0 aliphatic carbocycles. The molecule has 2 amide bonds. The summed E-state index contributed by atoms with van der Waals surface area (Å²) < 4.78 is 16.1. The van der Waals surface area contributed by atoms with Crippen molar-refractivity contribution in [2.75, 3.05) is 25.8 Å². The first kappa shape index (κ1) is 21.4. The summed E-state index contributed by atoms with van der Waals surface area (Å²) >= 11 is 3.41. The summed E-state index contributed by atoms with van der Waals surface area (Å²) in [6.45, 7) is 1.98. The Hall–Kier alpha value is -3.33. The van der Waals surface area contributed by atoms with Gasteiger partial charge < -0.3 is 14.2 Å². The molecule has 2 aromatic carbocycles. The van der Waals surface area contributed by atoms with Crippen LogP contribution in [0.1, 0.15) is 22.8 Å². The number of benzene rings is 2. The van der Waals surface area contributed by atoms with Gasteiger partial charge >= 0.3 is 5.97 Å². The van der Waals surface area contributed by atoms with Gasteiger partial charge in [-0.1, -0.05) is 15.9 Å². The number of hydrazine groups is 1. The number of carbonyl (C=O) groups excluding carboxylic acids is 3. The molecule has 1 aliphatic rings. The Bertz CT molecular complexity index is 1030. The number of methoxy groups -OCH3 is 2. The van der Waals surface area contributed by atoms with E-state index >= 15 is 0 Å². The molecule has 0 saturated carbocycles. The van der Waals surface area contributed by atoms with E-state index in [4.69, 9.17) is 14.2 Å². The summed E-state index contributed by atoms with van der Waals surface area (Å²) in [7, 11) is 3.01. The molecule has 0 unspecified atom stereocenters. The second-order valence-corrected chi connectivity index (χ2v) is 6.99. The highest BCUT2D eigenvalue weighted by Crippen LogP contribution is 2.35. The number of nitrogens with zero attached hydrogens (tertiary/aromatic N) is 1. The number of rotatable bonds is 6. The number of ether oxygens (including phenoxy) is 3. The molecule has 0 atom stereocenters. The van der Waals surface area contributed by atoms with Crippen molar-refractivity contribution in [3.05, 3.63) is 57.6 Å². The molecule has 3 rings (SSSR count). The molecule has 156 valence electrons. The molecule has 1 saturated heterocycles. The van der Waals surface area contributed by atoms with Gasteiger partial charge in [0.15, 0.2) is 11.5 Å². The summed E-state index contributed by atoms with van der Waals surface area (Å²) in [5.41, 5.74) is 3.82. The van der Waals surface area contributed by atoms with Crippen LogP contribution in [0.2, 0.25) is 0 Å². The number of hydrogen-bond donors (Lipinski definition) is 1. The summed E-state index contributed by atoms with van der Waals surface area (Å²) in [5.74, 6) is -0.552. The van der Waals surface area contributed by atoms with E-state index in [0.717, 1.165) is 5.01 Å². The van der Waals surface area contributed by atoms with Crippen LogP contribution in [0, 0.1) is 0 Å². The molecule has 2 aromatic rings. The SMILES string of the molecule is CCOC(=O)c1ccc(N2NC(=O)/C(=C/c3cc(OC)c(OC)cc3Br)C2=O)cc1. The maximum absolute atomic E-state index is 12.8. The minimum absolute atomic E-state index is 0.0441. The molecular weight excluding hydrogens is 456 g/mol. The number of carbonyl (C=O) groups is 3. The normalized spacial score (nSPS) is 14.7. The van der Waals surface area contributed by atoms with Gasteiger partial charge in [0.2, 0.25) is 0 Å². The van der Waals surface area contributed by atoms with Gasteiger partial charge in [0.25, 0.3) is 11.8 Å². The molecular formula is C21H19BrN2O6. The highest BCUT2D eigenvalue weighted by Gasteiger charge is 2.34. The quantitative estimate of drug-likeness (QED) is 0.392. The standard InChI is InChI=1S/C21H19BrN2O6/c1-4-30-21(27)12-5-7-14(8-6-12)24-20(26)15(19(25)23-24)9-13-10-17(28-2)18(29-3)11-16(13)22/h5-11H,4H2,1-3H3,(H,23,25)/b15-9-. The van der Waals surface area contributed by atoms with Crippen LogP contribution in [0.4, 0.5) is 5.69 Å². The predicted molar refractivity (Wildman–Crippen MR) is 113 cm³/mol. The van der Waals surface area contributed by atoms with Crippen LogP contribution in [0.3, 0.4) is 0 Å². The zero-order chi connectivity index (χ0) is 21.8. The molecule has 1 fully saturated rings. The Labute approximate surface area is 181 Å². The van der Waals surface area contributed by atoms with Gasteiger partial charge in [0.1, 0.15) is 5.57 Å². The van der Waals surface area contributed by atoms with E-state index in [1.165, 1.54) is 32.4 Å². The molecule has 30 heavy (non-hydrogen) atoms. The van der Waals surface area contributed by atoms with E-state index in [-0.39, 0.29) is 12.2 Å². The van der Waals surface area contributed by atoms with Gasteiger partial charge in [0.05, 0.1) is 32.1 Å². The minimum Gasteiger partial charge on any atom is -0.493 e. The van der Waals surface area contributed by atoms with Crippen molar-refractivity contribution in [3.63, 3.8) is 0 Å². The van der Waals surface area contributed by atoms with Crippen molar-refractivity contribution in [2.45, 2.75) is 6.92 Å². The zero-order valence-electron chi connectivity index (χ0n) is 16.5. The van der Waals surface area contributed by atoms with Crippen molar-refractivity contribution in [3.8, 4) is 11.5 Å². The van der Waals surface area contributed by atoms with Crippen LogP contribution in [0.25, 0.3) is 6.08 Å². The van der Waals surface area contributed by atoms with E-state index in [0.29, 0.717) is 32.8 Å². The Morgan fingerprint density at radius 1 is 1.10 bits per heavy atom. The van der Waals surface area contributed by atoms with Gasteiger partial charge in [-0.15, -0.1) is 0 Å². The lowest BCUT2D eigenvalue weighted by molar-refractivity contribution is -0.117. The number of nitrogens with one attached hydrogen (secondary N) is 1. The first-order valence-electron chi connectivity index (χ1n) is 8.95. The summed E-state index contributed by atoms with van der Waals surface area (Å²) in [4.78, 5) is 37.1. The Balaban J connectivity index is 1.89. The fourth-order valence-electron chi connectivity index (χ4n) is 2.84. The molecule has 0 bridgehead atoms. The predicted octanol–water partition coefficient (Wildman–Crippen LogP) is 3.10. The first-order chi connectivity index (χ1) is 14.4. The molecule has 9 heteroatoms. The fourth-order valence-corrected chi connectivity index (χ4v) is 3.27. The second-order valence-electron chi connectivity index (χ2n) is 6.14. The van der Waals surface area contributed by atoms with E-state index in [1.807, 2.05) is 0 Å². The first-order valence-corrected chi connectivity index (χ1v) is 9.74. The number of amides is 2. The minimum atomic E-state index is -0.545. The van der Waals surface area contributed by atoms with E-state index < -0.39 is 17.8 Å². The lowest BCUT2D eigenvalue weighted by atomic mass is 10.1. The number of halogens is 1. The fraction of sp³-hybridized carbons (Fsp3) is 0.190. The molecule has 0 aromatic heterocycles. The molecule has 1 N–H and O–H groups in total. The largest absolute Gasteiger partial charge is 0.493 e. The summed E-state index contributed by atoms with van der Waals surface area (Å²) in [5, 5.41) is 1.12. The van der Waals surface area contributed by atoms with Gasteiger partial charge in [-0.25, -0.2) is 9.80 Å². The lowest BCUT2D eigenvalue weighted by Crippen LogP contribution is -2.35. The third-order valence-corrected chi connectivity index (χ3v) is 5.02. The average Bonchev–Trinajstić information content (AvgIpc) is 3.03. The third-order valence-electron chi connectivity index (χ3n) is 4.33. The summed E-state index contributed by atoms with van der Waals surface area (Å²) in [6, 6.07) is 9.51. The van der Waals surface area contributed by atoms with Crippen molar-refractivity contribution in [1.82, 2.24) is 5.43 Å². The van der Waals surface area contributed by atoms with Crippen LogP contribution >= 0.6 is 15.9 Å². The summed E-state index contributed by atoms with van der Waals surface area (Å²) in [6.07, 6.45) is 1.47. The van der Waals surface area contributed by atoms with Crippen LogP contribution in [0.5, 0.6) is 11.5 Å². The van der Waals surface area contributed by atoms with E-state index in [2.05, 4.69) is 21.4 Å². The Morgan fingerprint density at radius 3 is 2.33 bits per heavy atom.